The number of rotatable bonds is 7. The number of hydrogen-bond donors (Lipinski definition) is 1. The quantitative estimate of drug-likeness (QED) is 0.573. The number of pyridine rings is 1. The average molecular weight is 378 g/mol. The third-order valence-corrected chi connectivity index (χ3v) is 3.70. The van der Waals surface area contributed by atoms with Crippen LogP contribution in [0.15, 0.2) is 12.1 Å². The molecule has 1 aromatic heterocycles. The second kappa shape index (κ2) is 8.99. The molecule has 136 valence electrons. The Kier molecular flexibility index (Phi) is 7.93. The number of nitrogens with zero attached hydrogens (tertiary/aromatic N) is 1. The van der Waals surface area contributed by atoms with Gasteiger partial charge in [-0.1, -0.05) is 37.0 Å². The predicted octanol–water partition coefficient (Wildman–Crippen LogP) is 4.05. The van der Waals surface area contributed by atoms with Crippen molar-refractivity contribution in [3.63, 3.8) is 0 Å². The Morgan fingerprint density at radius 1 is 1.25 bits per heavy atom. The van der Waals surface area contributed by atoms with Crippen LogP contribution in [-0.4, -0.2) is 34.9 Å². The Morgan fingerprint density at radius 2 is 1.79 bits per heavy atom. The zero-order valence-corrected chi connectivity index (χ0v) is 16.2. The summed E-state index contributed by atoms with van der Waals surface area (Å²) in [4.78, 5) is 16.2. The summed E-state index contributed by atoms with van der Waals surface area (Å²) in [6.45, 7) is 9.16. The Hall–Kier alpha value is -0.880. The number of aliphatic hydroxyl groups is 1. The molecule has 0 aliphatic heterocycles. The van der Waals surface area contributed by atoms with Crippen molar-refractivity contribution < 1.29 is 19.4 Å². The van der Waals surface area contributed by atoms with Gasteiger partial charge in [-0.3, -0.25) is 4.79 Å². The van der Waals surface area contributed by atoms with Crippen LogP contribution in [0.3, 0.4) is 0 Å². The van der Waals surface area contributed by atoms with Crippen molar-refractivity contribution in [2.75, 3.05) is 13.2 Å². The molecule has 0 amide bonds. The summed E-state index contributed by atoms with van der Waals surface area (Å²) in [5.74, 6) is -0.727. The average Bonchev–Trinajstić information content (AvgIpc) is 2.39. The van der Waals surface area contributed by atoms with Gasteiger partial charge in [0.25, 0.3) is 0 Å². The Morgan fingerprint density at radius 3 is 2.21 bits per heavy atom. The molecule has 5 nitrogen and oxygen atoms in total. The lowest BCUT2D eigenvalue weighted by Gasteiger charge is -2.27. The third kappa shape index (κ3) is 6.93. The van der Waals surface area contributed by atoms with Crippen molar-refractivity contribution in [3.8, 4) is 0 Å². The summed E-state index contributed by atoms with van der Waals surface area (Å²) in [6.07, 6.45) is -0.647. The number of ether oxygens (including phenoxy) is 2. The van der Waals surface area contributed by atoms with E-state index in [-0.39, 0.29) is 35.4 Å². The Labute approximate surface area is 153 Å². The molecule has 0 spiro atoms. The minimum Gasteiger partial charge on any atom is -0.460 e. The summed E-state index contributed by atoms with van der Waals surface area (Å²) in [5.41, 5.74) is 0.0430. The van der Waals surface area contributed by atoms with Crippen LogP contribution in [0.1, 0.15) is 46.3 Å². The molecule has 0 bridgehead atoms. The minimum absolute atomic E-state index is 0.0313. The van der Waals surface area contributed by atoms with Crippen molar-refractivity contribution in [1.82, 2.24) is 4.98 Å². The van der Waals surface area contributed by atoms with E-state index in [0.717, 1.165) is 0 Å². The normalized spacial score (nSPS) is 14.5. The van der Waals surface area contributed by atoms with Gasteiger partial charge in [0.2, 0.25) is 0 Å². The molecule has 7 heteroatoms. The van der Waals surface area contributed by atoms with Crippen LogP contribution < -0.4 is 0 Å². The largest absolute Gasteiger partial charge is 0.460 e. The monoisotopic (exact) mass is 377 g/mol. The summed E-state index contributed by atoms with van der Waals surface area (Å²) < 4.78 is 11.2. The van der Waals surface area contributed by atoms with Crippen molar-refractivity contribution in [2.24, 2.45) is 11.8 Å². The second-order valence-corrected chi connectivity index (χ2v) is 7.71. The smallest absolute Gasteiger partial charge is 0.312 e. The van der Waals surface area contributed by atoms with E-state index in [4.69, 9.17) is 32.7 Å². The number of hydrogen-bond acceptors (Lipinski definition) is 5. The van der Waals surface area contributed by atoms with Crippen molar-refractivity contribution in [3.05, 3.63) is 28.0 Å². The van der Waals surface area contributed by atoms with Crippen LogP contribution in [-0.2, 0) is 14.3 Å². The first-order valence-electron chi connectivity index (χ1n) is 7.81. The van der Waals surface area contributed by atoms with E-state index in [2.05, 4.69) is 4.98 Å². The fourth-order valence-corrected chi connectivity index (χ4v) is 2.53. The van der Waals surface area contributed by atoms with E-state index in [1.54, 1.807) is 12.1 Å². The van der Waals surface area contributed by atoms with Crippen LogP contribution in [0.2, 0.25) is 10.3 Å². The third-order valence-electron chi connectivity index (χ3n) is 3.31. The van der Waals surface area contributed by atoms with Gasteiger partial charge in [-0.15, -0.1) is 0 Å². The minimum atomic E-state index is -0.647. The van der Waals surface area contributed by atoms with Gasteiger partial charge in [0, 0.05) is 0 Å². The van der Waals surface area contributed by atoms with Gasteiger partial charge in [0.15, 0.2) is 0 Å². The number of carbonyl (C=O) groups excluding carboxylic acids is 1. The van der Waals surface area contributed by atoms with E-state index in [0.29, 0.717) is 5.56 Å². The number of aromatic nitrogens is 1. The summed E-state index contributed by atoms with van der Waals surface area (Å²) in [7, 11) is 0. The summed E-state index contributed by atoms with van der Waals surface area (Å²) in [5, 5.41) is 10.0. The SMILES string of the molecule is CC(C)[C@H](CO[C@@H](CO)c1cc(Cl)nc(Cl)c1)C(=O)OC(C)(C)C. The molecular weight excluding hydrogens is 353 g/mol. The lowest BCUT2D eigenvalue weighted by Crippen LogP contribution is -2.34. The first-order chi connectivity index (χ1) is 11.0. The highest BCUT2D eigenvalue weighted by atomic mass is 35.5. The highest BCUT2D eigenvalue weighted by molar-refractivity contribution is 6.32. The molecule has 0 aliphatic carbocycles. The van der Waals surface area contributed by atoms with Gasteiger partial charge in [0.05, 0.1) is 19.1 Å². The van der Waals surface area contributed by atoms with Gasteiger partial charge in [-0.25, -0.2) is 4.98 Å². The standard InChI is InChI=1S/C17H25Cl2NO4/c1-10(2)12(16(22)24-17(3,4)5)9-23-13(8-21)11-6-14(18)20-15(19)7-11/h6-7,10,12-13,21H,8-9H2,1-5H3/t12-,13-/m0/s1. The van der Waals surface area contributed by atoms with E-state index in [1.165, 1.54) is 0 Å². The van der Waals surface area contributed by atoms with E-state index >= 15 is 0 Å². The fourth-order valence-electron chi connectivity index (χ4n) is 2.05. The van der Waals surface area contributed by atoms with E-state index < -0.39 is 17.6 Å². The maximum absolute atomic E-state index is 12.3. The van der Waals surface area contributed by atoms with Gasteiger partial charge in [-0.05, 0) is 44.4 Å². The lowest BCUT2D eigenvalue weighted by atomic mass is 9.96. The van der Waals surface area contributed by atoms with Crippen molar-refractivity contribution >= 4 is 29.2 Å². The van der Waals surface area contributed by atoms with Gasteiger partial charge in [-0.2, -0.15) is 0 Å². The van der Waals surface area contributed by atoms with Crippen LogP contribution in [0.5, 0.6) is 0 Å². The molecule has 0 unspecified atom stereocenters. The molecule has 0 aromatic carbocycles. The first-order valence-corrected chi connectivity index (χ1v) is 8.57. The van der Waals surface area contributed by atoms with E-state index in [1.807, 2.05) is 34.6 Å². The second-order valence-electron chi connectivity index (χ2n) is 6.93. The fraction of sp³-hybridized carbons (Fsp3) is 0.647. The Bertz CT molecular complexity index is 538. The highest BCUT2D eigenvalue weighted by Gasteiger charge is 2.29. The molecule has 1 aromatic rings. The van der Waals surface area contributed by atoms with Crippen LogP contribution >= 0.6 is 23.2 Å². The Balaban J connectivity index is 2.82. The molecule has 1 heterocycles. The summed E-state index contributed by atoms with van der Waals surface area (Å²) >= 11 is 11.8. The van der Waals surface area contributed by atoms with Crippen molar-refractivity contribution in [2.45, 2.75) is 46.3 Å². The molecule has 0 aliphatic rings. The molecule has 0 saturated carbocycles. The van der Waals surface area contributed by atoms with E-state index in [9.17, 15) is 9.90 Å². The molecule has 0 saturated heterocycles. The zero-order valence-electron chi connectivity index (χ0n) is 14.7. The number of carbonyl (C=O) groups is 1. The molecule has 1 rings (SSSR count). The maximum Gasteiger partial charge on any atom is 0.312 e. The van der Waals surface area contributed by atoms with Gasteiger partial charge < -0.3 is 14.6 Å². The van der Waals surface area contributed by atoms with Crippen LogP contribution in [0, 0.1) is 11.8 Å². The van der Waals surface area contributed by atoms with Crippen LogP contribution in [0.4, 0.5) is 0 Å². The van der Waals surface area contributed by atoms with Gasteiger partial charge in [0.1, 0.15) is 22.0 Å². The molecule has 24 heavy (non-hydrogen) atoms. The zero-order chi connectivity index (χ0) is 18.5. The number of halogens is 2. The maximum atomic E-state index is 12.3. The first kappa shape index (κ1) is 21.2. The van der Waals surface area contributed by atoms with Gasteiger partial charge >= 0.3 is 5.97 Å². The number of esters is 1. The lowest BCUT2D eigenvalue weighted by molar-refractivity contribution is -0.165. The predicted molar refractivity (Wildman–Crippen MR) is 94.2 cm³/mol. The van der Waals surface area contributed by atoms with Crippen molar-refractivity contribution in [1.29, 1.82) is 0 Å². The highest BCUT2D eigenvalue weighted by Crippen LogP contribution is 2.25. The summed E-state index contributed by atoms with van der Waals surface area (Å²) in [6, 6.07) is 3.15. The van der Waals surface area contributed by atoms with Crippen LogP contribution in [0.25, 0.3) is 0 Å². The number of aliphatic hydroxyl groups excluding tert-OH is 1. The molecule has 1 N–H and O–H groups in total. The molecule has 2 atom stereocenters. The molecule has 0 radical (unpaired) electrons. The topological polar surface area (TPSA) is 68.7 Å². The molecule has 0 fully saturated rings. The molecular formula is C17H25Cl2NO4.